The van der Waals surface area contributed by atoms with Crippen LogP contribution in [0.4, 0.5) is 34.1 Å². The third kappa shape index (κ3) is 30.5. The van der Waals surface area contributed by atoms with Crippen molar-refractivity contribution in [2.24, 2.45) is 0 Å². The number of aryl methyl sites for hydroxylation is 4. The first kappa shape index (κ1) is 109. The summed E-state index contributed by atoms with van der Waals surface area (Å²) >= 11 is 27.6. The van der Waals surface area contributed by atoms with Crippen LogP contribution >= 0.6 is 130 Å². The molecular weight excluding hydrogens is 2220 g/mol. The molecule has 14 nitrogen and oxygen atoms in total. The zero-order chi connectivity index (χ0) is 97.6. The molecule has 3 fully saturated rings. The van der Waals surface area contributed by atoms with Crippen molar-refractivity contribution in [1.82, 2.24) is 9.97 Å². The topological polar surface area (TPSA) is 166 Å². The minimum atomic E-state index is -0.476. The van der Waals surface area contributed by atoms with Crippen molar-refractivity contribution in [2.75, 3.05) is 20.9 Å². The smallest absolute Gasteiger partial charge is 0.436 e. The highest BCUT2D eigenvalue weighted by molar-refractivity contribution is 14.1. The van der Waals surface area contributed by atoms with Crippen LogP contribution < -0.4 is 21.4 Å². The van der Waals surface area contributed by atoms with E-state index in [1.165, 1.54) is 44.5 Å². The predicted octanol–water partition coefficient (Wildman–Crippen LogP) is 34.0. The Kier molecular flexibility index (Phi) is 39.8. The van der Waals surface area contributed by atoms with E-state index in [1.54, 1.807) is 24.3 Å². The number of alkyl halides is 1. The van der Waals surface area contributed by atoms with Gasteiger partial charge in [0.05, 0.1) is 33.6 Å². The Morgan fingerprint density at radius 2 is 0.596 bits per heavy atom. The zero-order valence-corrected chi connectivity index (χ0v) is 91.1. The number of nitrogens with two attached hydrogens (primary N) is 1. The molecule has 0 spiro atoms. The summed E-state index contributed by atoms with van der Waals surface area (Å²) in [5, 5.41) is 2.93. The molecule has 0 aliphatic carbocycles. The number of nitrogen functional groups attached to an aromatic ring is 1. The van der Waals surface area contributed by atoms with Crippen molar-refractivity contribution >= 4 is 218 Å². The van der Waals surface area contributed by atoms with E-state index in [0.29, 0.717) is 17.3 Å². The number of oxazole rings is 2. The van der Waals surface area contributed by atoms with Gasteiger partial charge in [0.15, 0.2) is 11.2 Å². The summed E-state index contributed by atoms with van der Waals surface area (Å²) in [4.78, 5) is 23.7. The number of rotatable bonds is 12. The number of benzene rings is 14. The van der Waals surface area contributed by atoms with Crippen molar-refractivity contribution in [2.45, 2.75) is 152 Å². The van der Waals surface area contributed by atoms with E-state index in [1.807, 2.05) is 182 Å². The van der Waals surface area contributed by atoms with Gasteiger partial charge in [-0.15, -0.1) is 0 Å². The molecule has 0 bridgehead atoms. The fraction of sp³-hybridized carbons (Fsp3) is 0.216. The molecule has 136 heavy (non-hydrogen) atoms. The minimum Gasteiger partial charge on any atom is -0.436 e. The average Bonchev–Trinajstić information content (AvgIpc) is 1.59. The molecule has 0 saturated carbocycles. The van der Waals surface area contributed by atoms with Gasteiger partial charge in [0.1, 0.15) is 11.0 Å². The third-order valence-electron chi connectivity index (χ3n) is 23.4. The number of anilines is 6. The van der Waals surface area contributed by atoms with Gasteiger partial charge in [0, 0.05) is 77.7 Å². The monoisotopic (exact) mass is 2330 g/mol. The molecule has 0 radical (unpaired) electrons. The minimum absolute atomic E-state index is 0. The maximum Gasteiger partial charge on any atom is 0.494 e. The van der Waals surface area contributed by atoms with Crippen molar-refractivity contribution in [3.8, 4) is 45.2 Å². The van der Waals surface area contributed by atoms with E-state index in [4.69, 9.17) is 54.1 Å². The molecule has 3 N–H and O–H groups in total. The Morgan fingerprint density at radius 3 is 0.890 bits per heavy atom. The van der Waals surface area contributed by atoms with E-state index in [9.17, 15) is 4.79 Å². The standard InChI is InChI=1S/C26H22BrN.C19H20BNO3.C14H15N.C13H8BrNO.C12H24B2O4.C12H8Br2.C7H4BrClO.C6H6BrN.CH3I.CH4/c1-19-3-13-24(14-4-19)28(25-15-5-20(2)6-16-25)26-17-9-22(10-18-26)21-7-11-23(27)12-8-21;1-18(2)19(3,4)24-20(23-18)14-11-9-13(10-12-14)17-21-15-7-5-6-8-16(15)22-17;1-11-3-7-13(8-4-11)15-14-9-5-12(2)6-10-14;14-10-7-5-9(6-8-10)13-15-11-3-1-2-4-12(11)16-13;1-9(2)10(3,4)16-13(15-9)14-17-11(5,6)12(7,8)18-14;13-11-5-1-9(2-6-11)10-3-7-12(14)8-4-10;8-6-3-1-5(2-4-6)7(9)10;7-5-3-1-2-4-6(5)8;1-2;/h3-18H,1-2H3;5-12H,1-4H3;3-10,15H,1-2H3;1-8H;1-8H3;1-8H;1-4H;1-4H,8H2;1H3;1H4. The molecule has 3 aliphatic heterocycles. The first-order valence-corrected chi connectivity index (χ1v) is 51.1. The molecule has 25 heteroatoms. The van der Waals surface area contributed by atoms with Crippen molar-refractivity contribution in [3.05, 3.63) is 394 Å². The van der Waals surface area contributed by atoms with Crippen LogP contribution in [0.25, 0.3) is 67.4 Å². The summed E-state index contributed by atoms with van der Waals surface area (Å²) in [5.74, 6) is 1.28. The van der Waals surface area contributed by atoms with Crippen LogP contribution in [-0.2, 0) is 27.9 Å². The van der Waals surface area contributed by atoms with Crippen molar-refractivity contribution in [1.29, 1.82) is 0 Å². The Morgan fingerprint density at radius 1 is 0.338 bits per heavy atom. The molecule has 0 unspecified atom stereocenters. The van der Waals surface area contributed by atoms with E-state index in [0.717, 1.165) is 99.7 Å². The summed E-state index contributed by atoms with van der Waals surface area (Å²) in [6.07, 6.45) is 0. The molecule has 3 aliphatic rings. The van der Waals surface area contributed by atoms with Gasteiger partial charge in [-0.25, -0.2) is 9.97 Å². The highest BCUT2D eigenvalue weighted by Gasteiger charge is 2.64. The quantitative estimate of drug-likeness (QED) is 0.0390. The molecular formula is C111H114B3Br6ClIN5O9. The molecule has 14 aromatic carbocycles. The van der Waals surface area contributed by atoms with Crippen LogP contribution in [-0.4, -0.2) is 74.9 Å². The number of carbonyl (C=O) groups is 1. The number of halogens is 8. The van der Waals surface area contributed by atoms with E-state index >= 15 is 0 Å². The van der Waals surface area contributed by atoms with Gasteiger partial charge >= 0.3 is 21.1 Å². The fourth-order valence-electron chi connectivity index (χ4n) is 13.4. The van der Waals surface area contributed by atoms with Crippen LogP contribution in [0, 0.1) is 27.7 Å². The SMILES string of the molecule is Brc1ccc(-c2ccc(Br)cc2)cc1.Brc1ccc(-c2nc3ccccc3o2)cc1.C.CC1(C)OB(B2OC(C)(C)C(C)(C)O2)OC1(C)C.CC1(C)OB(c2ccc(-c3nc4ccccc4o3)cc2)OC1(C)C.CI.Cc1ccc(N(c2ccc(C)cc2)c2ccc(-c3ccc(Br)cc3)cc2)cc1.Cc1ccc(Nc2ccc(C)cc2)cc1.Nc1ccccc1Br.O=C(Cl)c1ccc(Br)cc1. The van der Waals surface area contributed by atoms with Gasteiger partial charge < -0.3 is 52.7 Å². The van der Waals surface area contributed by atoms with Crippen LogP contribution in [0.5, 0.6) is 0 Å². The molecule has 0 amide bonds. The van der Waals surface area contributed by atoms with Crippen LogP contribution in [0.15, 0.2) is 375 Å². The van der Waals surface area contributed by atoms with Crippen molar-refractivity contribution in [3.63, 3.8) is 0 Å². The number of hydrogen-bond donors (Lipinski definition) is 2. The van der Waals surface area contributed by atoms with Gasteiger partial charge in [0.2, 0.25) is 11.8 Å². The van der Waals surface area contributed by atoms with Gasteiger partial charge in [-0.2, -0.15) is 0 Å². The van der Waals surface area contributed by atoms with Gasteiger partial charge in [0.25, 0.3) is 5.24 Å². The lowest BCUT2D eigenvalue weighted by atomic mass is 9.49. The number of carbonyl (C=O) groups excluding carboxylic acids is 1. The normalized spacial score (nSPS) is 14.5. The summed E-state index contributed by atoms with van der Waals surface area (Å²) < 4.78 is 53.8. The summed E-state index contributed by atoms with van der Waals surface area (Å²) in [7, 11) is -1.31. The highest BCUT2D eigenvalue weighted by Crippen LogP contribution is 2.45. The van der Waals surface area contributed by atoms with Gasteiger partial charge in [-0.3, -0.25) is 4.79 Å². The number of hydrogen-bond acceptors (Lipinski definition) is 14. The number of para-hydroxylation sites is 5. The fourth-order valence-corrected chi connectivity index (χ4v) is 15.1. The maximum absolute atomic E-state index is 10.5. The molecule has 5 heterocycles. The lowest BCUT2D eigenvalue weighted by molar-refractivity contribution is 0.00578. The largest absolute Gasteiger partial charge is 0.494 e. The second kappa shape index (κ2) is 49.7. The van der Waals surface area contributed by atoms with E-state index < -0.39 is 19.3 Å². The maximum atomic E-state index is 10.5. The van der Waals surface area contributed by atoms with E-state index in [2.05, 4.69) is 388 Å². The Labute approximate surface area is 873 Å². The van der Waals surface area contributed by atoms with E-state index in [-0.39, 0.29) is 48.2 Å². The average molecular weight is 2340 g/mol. The van der Waals surface area contributed by atoms with Gasteiger partial charge in [-0.05, 0) is 365 Å². The number of fused-ring (bicyclic) bond motifs is 2. The summed E-state index contributed by atoms with van der Waals surface area (Å²) in [6.45, 7) is 32.9. The number of nitrogens with zero attached hydrogens (tertiary/aromatic N) is 3. The second-order valence-corrected chi connectivity index (χ2v) is 40.9. The molecule has 2 aromatic heterocycles. The first-order chi connectivity index (χ1) is 64.2. The van der Waals surface area contributed by atoms with Crippen molar-refractivity contribution < 1.29 is 41.6 Å². The molecule has 19 rings (SSSR count). The van der Waals surface area contributed by atoms with Crippen LogP contribution in [0.3, 0.4) is 0 Å². The Bertz CT molecular complexity index is 6170. The number of aromatic nitrogens is 2. The summed E-state index contributed by atoms with van der Waals surface area (Å²) in [5.41, 5.74) is 26.7. The van der Waals surface area contributed by atoms with Crippen LogP contribution in [0.1, 0.15) is 123 Å². The highest BCUT2D eigenvalue weighted by atomic mass is 127. The molecule has 16 aromatic rings. The second-order valence-electron chi connectivity index (χ2n) is 35.2. The predicted molar refractivity (Wildman–Crippen MR) is 601 cm³/mol. The summed E-state index contributed by atoms with van der Waals surface area (Å²) in [6, 6.07) is 114. The number of nitrogens with one attached hydrogen (secondary N) is 1. The molecule has 3 saturated heterocycles. The lowest BCUT2D eigenvalue weighted by Gasteiger charge is -2.32. The lowest BCUT2D eigenvalue weighted by Crippen LogP contribution is -2.41. The third-order valence-corrected chi connectivity index (χ3v) is 27.0. The first-order valence-electron chi connectivity index (χ1n) is 43.9. The zero-order valence-electron chi connectivity index (χ0n) is 78.7. The Hall–Kier alpha value is -9.06. The van der Waals surface area contributed by atoms with Crippen LogP contribution in [0.2, 0.25) is 0 Å². The Balaban J connectivity index is 0.000000164. The van der Waals surface area contributed by atoms with Gasteiger partial charge in [-0.1, -0.05) is 278 Å². The molecule has 702 valence electrons. The molecule has 0 atom stereocenters.